The van der Waals surface area contributed by atoms with Gasteiger partial charge in [0.2, 0.25) is 0 Å². The molecule has 442 valence electrons. The molecule has 85 heavy (non-hydrogen) atoms. The Morgan fingerprint density at radius 1 is 0.282 bits per heavy atom. The largest absolute Gasteiger partial charge is 0.324 e. The Hall–Kier alpha value is -8.68. The Morgan fingerprint density at radius 2 is 0.718 bits per heavy atom. The fraction of sp³-hybridized carbons (Fsp3) is 0.282. The van der Waals surface area contributed by atoms with Crippen molar-refractivity contribution in [3.63, 3.8) is 0 Å². The molecule has 0 aliphatic rings. The molecule has 0 radical (unpaired) electrons. The lowest BCUT2D eigenvalue weighted by Crippen LogP contribution is -1.96. The minimum absolute atomic E-state index is 0.584. The first-order valence-corrected chi connectivity index (χ1v) is 31.0. The van der Waals surface area contributed by atoms with Crippen molar-refractivity contribution in [1.29, 1.82) is 0 Å². The van der Waals surface area contributed by atoms with Crippen molar-refractivity contribution in [2.45, 2.75) is 146 Å². The van der Waals surface area contributed by atoms with Crippen LogP contribution in [-0.4, -0.2) is 30.8 Å². The van der Waals surface area contributed by atoms with Gasteiger partial charge in [-0.3, -0.25) is 0 Å². The second-order valence-electron chi connectivity index (χ2n) is 23.3. The van der Waals surface area contributed by atoms with E-state index in [0.717, 1.165) is 6.42 Å². The Balaban J connectivity index is 0.000000141. The maximum absolute atomic E-state index is 2.24. The topological polar surface area (TPSA) is 30.9 Å². The average molecular weight is 1130 g/mol. The molecular weight excluding hydrogens is 1030 g/mol. The molecule has 14 aromatic heterocycles. The molecule has 7 heteroatoms. The van der Waals surface area contributed by atoms with E-state index in [0.29, 0.717) is 35.5 Å². The highest BCUT2D eigenvalue weighted by molar-refractivity contribution is 5.57. The van der Waals surface area contributed by atoms with E-state index in [1.54, 1.807) is 0 Å². The van der Waals surface area contributed by atoms with Gasteiger partial charge in [0.05, 0.1) is 0 Å². The SMILES string of the molecule is CC.CC(C)c1cc2ccccn2c1.CC(C)c1ccc2ccccn12.CC(C)c1ccc2cccn2c1.CC(C)c1cccc2cccn12.CC(C)c1cccn2cccc12.CC(C)c1ccn2cccc2c1.CCc1ccn2ccccc12. The number of rotatable bonds is 7. The number of hydrogen-bond donors (Lipinski definition) is 0. The molecule has 14 rings (SSSR count). The second kappa shape index (κ2) is 31.3. The minimum atomic E-state index is 0.584. The van der Waals surface area contributed by atoms with E-state index in [9.17, 15) is 0 Å². The standard InChI is InChI=1S/6C11H13N.C10H11N.C2H6/c1-9(2)10-5-3-7-12-8-4-6-11(10)12;1-9(2)11-7-3-5-10-6-4-8-12(10)11;1-9(2)10-5-6-11-4-3-7-12(11)8-10;1-9(2)10-5-7-12-6-3-4-11(12)8-10;1-9(2)11-7-6-10-5-3-4-8-12(10)11;1-9(2)10-7-11-5-3-4-6-12(11)8-10;1-2-9-6-8-11-7-4-3-5-10(9)11;1-2/h6*3-9H,1-2H3;3-8H,2H2,1H3;1-2H3. The van der Waals surface area contributed by atoms with Crippen molar-refractivity contribution in [2.75, 3.05) is 0 Å². The summed E-state index contributed by atoms with van der Waals surface area (Å²) in [6, 6.07) is 63.9. The lowest BCUT2D eigenvalue weighted by atomic mass is 10.0. The smallest absolute Gasteiger partial charge is 0.0484 e. The molecular formula is C78H95N7. The summed E-state index contributed by atoms with van der Waals surface area (Å²) in [7, 11) is 0. The average Bonchev–Trinajstić information content (AvgIpc) is 4.60. The van der Waals surface area contributed by atoms with Crippen molar-refractivity contribution < 1.29 is 0 Å². The first-order valence-electron chi connectivity index (χ1n) is 31.0. The van der Waals surface area contributed by atoms with Gasteiger partial charge in [0.1, 0.15) is 0 Å². The predicted octanol–water partition coefficient (Wildman–Crippen LogP) is 21.9. The summed E-state index contributed by atoms with van der Waals surface area (Å²) in [6.07, 6.45) is 26.4. The molecule has 14 aromatic rings. The van der Waals surface area contributed by atoms with Crippen LogP contribution < -0.4 is 0 Å². The van der Waals surface area contributed by atoms with Crippen LogP contribution in [0, 0.1) is 0 Å². The van der Waals surface area contributed by atoms with Gasteiger partial charge < -0.3 is 30.8 Å². The normalized spacial score (nSPS) is 11.0. The molecule has 7 nitrogen and oxygen atoms in total. The molecule has 0 aromatic carbocycles. The monoisotopic (exact) mass is 1130 g/mol. The van der Waals surface area contributed by atoms with Crippen LogP contribution in [0.3, 0.4) is 0 Å². The second-order valence-corrected chi connectivity index (χ2v) is 23.3. The number of aromatic nitrogens is 7. The Bertz CT molecular complexity index is 3970. The van der Waals surface area contributed by atoms with Gasteiger partial charge in [0.15, 0.2) is 0 Å². The van der Waals surface area contributed by atoms with Crippen LogP contribution in [0.4, 0.5) is 0 Å². The molecule has 14 heterocycles. The van der Waals surface area contributed by atoms with Gasteiger partial charge in [0, 0.05) is 124 Å². The van der Waals surface area contributed by atoms with E-state index in [1.165, 1.54) is 77.8 Å². The van der Waals surface area contributed by atoms with Crippen molar-refractivity contribution in [1.82, 2.24) is 30.8 Å². The van der Waals surface area contributed by atoms with Crippen LogP contribution in [-0.2, 0) is 6.42 Å². The van der Waals surface area contributed by atoms with Gasteiger partial charge in [-0.05, 0) is 215 Å². The highest BCUT2D eigenvalue weighted by atomic mass is 14.9. The first-order chi connectivity index (χ1) is 41.1. The molecule has 0 amide bonds. The Labute approximate surface area is 508 Å². The van der Waals surface area contributed by atoms with Crippen molar-refractivity contribution in [3.05, 3.63) is 296 Å². The van der Waals surface area contributed by atoms with Crippen LogP contribution in [0.1, 0.15) is 179 Å². The number of fused-ring (bicyclic) bond motifs is 7. The van der Waals surface area contributed by atoms with Crippen LogP contribution in [0.5, 0.6) is 0 Å². The fourth-order valence-corrected chi connectivity index (χ4v) is 10.3. The number of aryl methyl sites for hydroxylation is 1. The van der Waals surface area contributed by atoms with E-state index < -0.39 is 0 Å². The third-order valence-corrected chi connectivity index (χ3v) is 15.3. The summed E-state index contributed by atoms with van der Waals surface area (Å²) in [4.78, 5) is 0. The molecule has 0 spiro atoms. The molecule has 0 atom stereocenters. The molecule has 0 bridgehead atoms. The maximum Gasteiger partial charge on any atom is 0.0484 e. The van der Waals surface area contributed by atoms with Crippen LogP contribution >= 0.6 is 0 Å². The van der Waals surface area contributed by atoms with E-state index >= 15 is 0 Å². The van der Waals surface area contributed by atoms with Crippen LogP contribution in [0.15, 0.2) is 256 Å². The van der Waals surface area contributed by atoms with Crippen LogP contribution in [0.2, 0.25) is 0 Å². The third-order valence-electron chi connectivity index (χ3n) is 15.3. The summed E-state index contributed by atoms with van der Waals surface area (Å²) >= 11 is 0. The van der Waals surface area contributed by atoms with E-state index in [4.69, 9.17) is 0 Å². The lowest BCUT2D eigenvalue weighted by molar-refractivity contribution is 0.803. The zero-order valence-electron chi connectivity index (χ0n) is 53.6. The van der Waals surface area contributed by atoms with E-state index in [1.807, 2.05) is 19.9 Å². The van der Waals surface area contributed by atoms with Gasteiger partial charge in [-0.25, -0.2) is 0 Å². The summed E-state index contributed by atoms with van der Waals surface area (Å²) < 4.78 is 15.3. The lowest BCUT2D eigenvalue weighted by Gasteiger charge is -2.08. The molecule has 0 aliphatic heterocycles. The Kier molecular flexibility index (Phi) is 23.5. The summed E-state index contributed by atoms with van der Waals surface area (Å²) in [5.74, 6) is 3.62. The van der Waals surface area contributed by atoms with E-state index in [-0.39, 0.29) is 0 Å². The number of hydrogen-bond acceptors (Lipinski definition) is 0. The Morgan fingerprint density at radius 3 is 1.39 bits per heavy atom. The zero-order valence-corrected chi connectivity index (χ0v) is 53.6. The molecule has 0 fully saturated rings. The molecule has 0 unspecified atom stereocenters. The van der Waals surface area contributed by atoms with E-state index in [2.05, 4.69) is 371 Å². The van der Waals surface area contributed by atoms with Crippen molar-refractivity contribution >= 4 is 38.6 Å². The highest BCUT2D eigenvalue weighted by Gasteiger charge is 2.07. The van der Waals surface area contributed by atoms with Crippen molar-refractivity contribution in [3.8, 4) is 0 Å². The van der Waals surface area contributed by atoms with Gasteiger partial charge in [-0.15, -0.1) is 0 Å². The van der Waals surface area contributed by atoms with Crippen LogP contribution in [0.25, 0.3) is 38.6 Å². The number of nitrogens with zero attached hydrogens (tertiary/aromatic N) is 7. The third kappa shape index (κ3) is 17.0. The molecule has 0 saturated heterocycles. The van der Waals surface area contributed by atoms with Gasteiger partial charge in [-0.1, -0.05) is 140 Å². The summed E-state index contributed by atoms with van der Waals surface area (Å²) in [6.45, 7) is 32.8. The summed E-state index contributed by atoms with van der Waals surface area (Å²) in [5.41, 5.74) is 18.8. The maximum atomic E-state index is 2.24. The summed E-state index contributed by atoms with van der Waals surface area (Å²) in [5, 5.41) is 0. The van der Waals surface area contributed by atoms with Gasteiger partial charge >= 0.3 is 0 Å². The van der Waals surface area contributed by atoms with Gasteiger partial charge in [-0.2, -0.15) is 0 Å². The zero-order chi connectivity index (χ0) is 61.0. The molecule has 0 aliphatic carbocycles. The predicted molar refractivity (Wildman–Crippen MR) is 367 cm³/mol. The first kappa shape index (κ1) is 63.9. The molecule has 0 saturated carbocycles. The minimum Gasteiger partial charge on any atom is -0.324 e. The quantitative estimate of drug-likeness (QED) is 0.152. The fourth-order valence-electron chi connectivity index (χ4n) is 10.3. The van der Waals surface area contributed by atoms with Gasteiger partial charge in [0.25, 0.3) is 0 Å². The molecule has 0 N–H and O–H groups in total. The highest BCUT2D eigenvalue weighted by Crippen LogP contribution is 2.23. The number of pyridine rings is 7. The van der Waals surface area contributed by atoms with Crippen molar-refractivity contribution in [2.24, 2.45) is 0 Å².